The van der Waals surface area contributed by atoms with Crippen molar-refractivity contribution in [2.45, 2.75) is 27.2 Å². The lowest BCUT2D eigenvalue weighted by molar-refractivity contribution is -0.137. The molecular weight excluding hydrogens is 204 g/mol. The van der Waals surface area contributed by atoms with Gasteiger partial charge in [0.1, 0.15) is 0 Å². The number of carbonyl (C=O) groups is 2. The van der Waals surface area contributed by atoms with Crippen molar-refractivity contribution in [3.8, 4) is 0 Å². The molecule has 1 rings (SSSR count). The predicted octanol–water partition coefficient (Wildman–Crippen LogP) is 2.30. The Morgan fingerprint density at radius 3 is 2.44 bits per heavy atom. The van der Waals surface area contributed by atoms with Crippen molar-refractivity contribution >= 4 is 11.8 Å². The van der Waals surface area contributed by atoms with E-state index in [-0.39, 0.29) is 6.61 Å². The number of carbonyl (C=O) groups excluding carboxylic acids is 2. The number of benzene rings is 1. The van der Waals surface area contributed by atoms with Crippen LogP contribution in [0.4, 0.5) is 0 Å². The summed E-state index contributed by atoms with van der Waals surface area (Å²) in [6.07, 6.45) is 0.838. The van der Waals surface area contributed by atoms with Crippen LogP contribution in [0, 0.1) is 6.92 Å². The first-order valence-electron chi connectivity index (χ1n) is 5.40. The number of rotatable bonds is 4. The van der Waals surface area contributed by atoms with Gasteiger partial charge in [-0.3, -0.25) is 4.79 Å². The first-order chi connectivity index (χ1) is 7.58. The Morgan fingerprint density at radius 2 is 1.88 bits per heavy atom. The molecule has 0 saturated carbocycles. The smallest absolute Gasteiger partial charge is 0.379 e. The van der Waals surface area contributed by atoms with E-state index in [0.29, 0.717) is 5.56 Å². The highest BCUT2D eigenvalue weighted by Crippen LogP contribution is 2.11. The highest BCUT2D eigenvalue weighted by Gasteiger charge is 2.17. The zero-order valence-corrected chi connectivity index (χ0v) is 9.87. The van der Waals surface area contributed by atoms with E-state index in [0.717, 1.165) is 17.5 Å². The average Bonchev–Trinajstić information content (AvgIpc) is 2.27. The number of aryl methyl sites for hydroxylation is 2. The molecule has 0 aliphatic rings. The van der Waals surface area contributed by atoms with Gasteiger partial charge in [-0.05, 0) is 38.0 Å². The van der Waals surface area contributed by atoms with Crippen molar-refractivity contribution < 1.29 is 14.3 Å². The molecule has 0 radical (unpaired) electrons. The van der Waals surface area contributed by atoms with Gasteiger partial charge in [-0.2, -0.15) is 0 Å². The molecule has 0 aliphatic heterocycles. The van der Waals surface area contributed by atoms with Crippen LogP contribution in [-0.2, 0) is 16.0 Å². The summed E-state index contributed by atoms with van der Waals surface area (Å²) in [5.74, 6) is -1.35. The van der Waals surface area contributed by atoms with Crippen LogP contribution in [0.25, 0.3) is 0 Å². The van der Waals surface area contributed by atoms with Crippen LogP contribution in [0.5, 0.6) is 0 Å². The van der Waals surface area contributed by atoms with E-state index in [9.17, 15) is 9.59 Å². The molecule has 0 heterocycles. The van der Waals surface area contributed by atoms with E-state index in [1.54, 1.807) is 19.1 Å². The summed E-state index contributed by atoms with van der Waals surface area (Å²) in [7, 11) is 0. The van der Waals surface area contributed by atoms with E-state index in [1.807, 2.05) is 19.9 Å². The van der Waals surface area contributed by atoms with Gasteiger partial charge in [-0.25, -0.2) is 4.79 Å². The summed E-state index contributed by atoms with van der Waals surface area (Å²) in [5.41, 5.74) is 2.44. The lowest BCUT2D eigenvalue weighted by Gasteiger charge is -2.05. The number of Topliss-reactive ketones (excluding diaryl/α,β-unsaturated/α-hetero) is 1. The molecule has 0 atom stereocenters. The molecule has 3 nitrogen and oxygen atoms in total. The van der Waals surface area contributed by atoms with Crippen molar-refractivity contribution in [3.63, 3.8) is 0 Å². The standard InChI is InChI=1S/C13H16O3/c1-4-10-6-9(3)7-11(8-10)12(14)13(15)16-5-2/h6-8H,4-5H2,1-3H3. The average molecular weight is 220 g/mol. The van der Waals surface area contributed by atoms with Crippen LogP contribution < -0.4 is 0 Å². The molecule has 3 heteroatoms. The van der Waals surface area contributed by atoms with Gasteiger partial charge >= 0.3 is 5.97 Å². The Hall–Kier alpha value is -1.64. The molecule has 0 fully saturated rings. The zero-order chi connectivity index (χ0) is 12.1. The second-order valence-electron chi connectivity index (χ2n) is 3.61. The van der Waals surface area contributed by atoms with E-state index in [1.165, 1.54) is 0 Å². The van der Waals surface area contributed by atoms with Gasteiger partial charge in [0.15, 0.2) is 0 Å². The molecule has 0 N–H and O–H groups in total. The Kier molecular flexibility index (Phi) is 4.23. The monoisotopic (exact) mass is 220 g/mol. The first-order valence-corrected chi connectivity index (χ1v) is 5.40. The summed E-state index contributed by atoms with van der Waals surface area (Å²) in [4.78, 5) is 23.0. The molecule has 0 aromatic heterocycles. The Balaban J connectivity index is 2.99. The first kappa shape index (κ1) is 12.4. The molecule has 0 bridgehead atoms. The topological polar surface area (TPSA) is 43.4 Å². The van der Waals surface area contributed by atoms with E-state index in [2.05, 4.69) is 4.74 Å². The fraction of sp³-hybridized carbons (Fsp3) is 0.385. The minimum Gasteiger partial charge on any atom is -0.460 e. The van der Waals surface area contributed by atoms with Crippen LogP contribution in [-0.4, -0.2) is 18.4 Å². The van der Waals surface area contributed by atoms with Crippen molar-refractivity contribution in [1.29, 1.82) is 0 Å². The van der Waals surface area contributed by atoms with Gasteiger partial charge in [0.2, 0.25) is 0 Å². The van der Waals surface area contributed by atoms with Crippen LogP contribution >= 0.6 is 0 Å². The van der Waals surface area contributed by atoms with Crippen molar-refractivity contribution in [2.75, 3.05) is 6.61 Å². The van der Waals surface area contributed by atoms with Gasteiger partial charge < -0.3 is 4.74 Å². The Labute approximate surface area is 95.4 Å². The lowest BCUT2D eigenvalue weighted by atomic mass is 10.0. The number of hydrogen-bond donors (Lipinski definition) is 0. The maximum atomic E-state index is 11.7. The van der Waals surface area contributed by atoms with Crippen molar-refractivity contribution in [2.24, 2.45) is 0 Å². The molecule has 16 heavy (non-hydrogen) atoms. The van der Waals surface area contributed by atoms with Crippen molar-refractivity contribution in [3.05, 3.63) is 34.9 Å². The van der Waals surface area contributed by atoms with Crippen LogP contribution in [0.3, 0.4) is 0 Å². The maximum absolute atomic E-state index is 11.7. The Morgan fingerprint density at radius 1 is 1.19 bits per heavy atom. The van der Waals surface area contributed by atoms with Crippen LogP contribution in [0.2, 0.25) is 0 Å². The summed E-state index contributed by atoms with van der Waals surface area (Å²) in [6, 6.07) is 5.45. The van der Waals surface area contributed by atoms with Crippen molar-refractivity contribution in [1.82, 2.24) is 0 Å². The van der Waals surface area contributed by atoms with Gasteiger partial charge in [0.05, 0.1) is 6.61 Å². The second-order valence-corrected chi connectivity index (χ2v) is 3.61. The fourth-order valence-electron chi connectivity index (χ4n) is 1.51. The minimum absolute atomic E-state index is 0.219. The largest absolute Gasteiger partial charge is 0.460 e. The predicted molar refractivity (Wildman–Crippen MR) is 61.5 cm³/mol. The molecule has 0 amide bonds. The summed E-state index contributed by atoms with van der Waals surface area (Å²) in [5, 5.41) is 0. The fourth-order valence-corrected chi connectivity index (χ4v) is 1.51. The third-order valence-corrected chi connectivity index (χ3v) is 2.27. The Bertz CT molecular complexity index is 408. The van der Waals surface area contributed by atoms with Gasteiger partial charge in [-0.15, -0.1) is 0 Å². The maximum Gasteiger partial charge on any atom is 0.379 e. The number of hydrogen-bond acceptors (Lipinski definition) is 3. The number of ketones is 1. The van der Waals surface area contributed by atoms with E-state index >= 15 is 0 Å². The molecule has 1 aromatic carbocycles. The molecule has 86 valence electrons. The SMILES string of the molecule is CCOC(=O)C(=O)c1cc(C)cc(CC)c1. The zero-order valence-electron chi connectivity index (χ0n) is 9.87. The summed E-state index contributed by atoms with van der Waals surface area (Å²) < 4.78 is 4.68. The lowest BCUT2D eigenvalue weighted by Crippen LogP contribution is -2.17. The molecule has 0 spiro atoms. The quantitative estimate of drug-likeness (QED) is 0.444. The second kappa shape index (κ2) is 5.45. The van der Waals surface area contributed by atoms with Gasteiger partial charge in [-0.1, -0.05) is 18.6 Å². The van der Waals surface area contributed by atoms with Crippen LogP contribution in [0.15, 0.2) is 18.2 Å². The normalized spacial score (nSPS) is 9.94. The van der Waals surface area contributed by atoms with Crippen LogP contribution in [0.1, 0.15) is 35.3 Å². The molecular formula is C13H16O3. The highest BCUT2D eigenvalue weighted by atomic mass is 16.5. The van der Waals surface area contributed by atoms with Gasteiger partial charge in [0, 0.05) is 5.56 Å². The molecule has 0 unspecified atom stereocenters. The summed E-state index contributed by atoms with van der Waals surface area (Å²) in [6.45, 7) is 5.81. The van der Waals surface area contributed by atoms with E-state index < -0.39 is 11.8 Å². The third-order valence-electron chi connectivity index (χ3n) is 2.27. The van der Waals surface area contributed by atoms with Gasteiger partial charge in [0.25, 0.3) is 5.78 Å². The molecule has 1 aromatic rings. The number of esters is 1. The minimum atomic E-state index is -0.782. The molecule has 0 aliphatic carbocycles. The molecule has 0 saturated heterocycles. The summed E-state index contributed by atoms with van der Waals surface area (Å²) >= 11 is 0. The highest BCUT2D eigenvalue weighted by molar-refractivity contribution is 6.40. The number of ether oxygens (including phenoxy) is 1. The third kappa shape index (κ3) is 2.92. The van der Waals surface area contributed by atoms with E-state index in [4.69, 9.17) is 0 Å².